The van der Waals surface area contributed by atoms with Gasteiger partial charge in [-0.15, -0.1) is 0 Å². The average molecular weight is 202 g/mol. The molecule has 5 heteroatoms. The smallest absolute Gasteiger partial charge is 0.327 e. The fourth-order valence-corrected chi connectivity index (χ4v) is 1.03. The minimum Gasteiger partial charge on any atom is -0.491 e. The first kappa shape index (κ1) is 10.4. The van der Waals surface area contributed by atoms with Crippen molar-refractivity contribution >= 4 is 8.60 Å². The van der Waals surface area contributed by atoms with Crippen molar-refractivity contribution in [2.75, 3.05) is 13.2 Å². The van der Waals surface area contributed by atoms with Crippen LogP contribution in [0.2, 0.25) is 0 Å². The Balaban J connectivity index is 2.13. The Morgan fingerprint density at radius 1 is 1.08 bits per heavy atom. The van der Waals surface area contributed by atoms with Crippen LogP contribution in [0.1, 0.15) is 0 Å². The van der Waals surface area contributed by atoms with Crippen LogP contribution in [-0.2, 0) is 4.52 Å². The molecule has 0 amide bonds. The summed E-state index contributed by atoms with van der Waals surface area (Å²) in [5.41, 5.74) is 0. The van der Waals surface area contributed by atoms with E-state index >= 15 is 0 Å². The van der Waals surface area contributed by atoms with E-state index < -0.39 is 8.60 Å². The molecule has 1 aromatic carbocycles. The lowest BCUT2D eigenvalue weighted by Crippen LogP contribution is -2.03. The number of para-hydroxylation sites is 1. The minimum absolute atomic E-state index is 0.174. The molecule has 0 aliphatic carbocycles. The molecule has 0 unspecified atom stereocenters. The molecule has 0 spiro atoms. The van der Waals surface area contributed by atoms with E-state index in [0.717, 1.165) is 5.75 Å². The van der Waals surface area contributed by atoms with Gasteiger partial charge < -0.3 is 19.0 Å². The van der Waals surface area contributed by atoms with Gasteiger partial charge in [0.25, 0.3) is 0 Å². The second-order valence-electron chi connectivity index (χ2n) is 2.25. The van der Waals surface area contributed by atoms with E-state index in [-0.39, 0.29) is 6.61 Å². The van der Waals surface area contributed by atoms with Gasteiger partial charge in [-0.2, -0.15) is 0 Å². The highest BCUT2D eigenvalue weighted by Crippen LogP contribution is 2.23. The van der Waals surface area contributed by atoms with E-state index in [9.17, 15) is 0 Å². The number of rotatable bonds is 5. The maximum absolute atomic E-state index is 8.39. The van der Waals surface area contributed by atoms with E-state index in [2.05, 4.69) is 4.52 Å². The summed E-state index contributed by atoms with van der Waals surface area (Å²) in [5.74, 6) is 0.742. The van der Waals surface area contributed by atoms with Crippen molar-refractivity contribution in [1.29, 1.82) is 0 Å². The molecule has 0 aliphatic rings. The number of ether oxygens (including phenoxy) is 1. The highest BCUT2D eigenvalue weighted by Gasteiger charge is 1.98. The highest BCUT2D eigenvalue weighted by molar-refractivity contribution is 7.39. The molecule has 72 valence electrons. The third-order valence-electron chi connectivity index (χ3n) is 1.30. The molecule has 0 saturated heterocycles. The van der Waals surface area contributed by atoms with Crippen molar-refractivity contribution in [2.24, 2.45) is 0 Å². The SMILES string of the molecule is OP(O)OCCOc1ccccc1. The molecular weight excluding hydrogens is 191 g/mol. The molecule has 13 heavy (non-hydrogen) atoms. The van der Waals surface area contributed by atoms with Gasteiger partial charge in [0.15, 0.2) is 0 Å². The van der Waals surface area contributed by atoms with Gasteiger partial charge in [0.1, 0.15) is 12.4 Å². The molecule has 0 aliphatic heterocycles. The Bertz CT molecular complexity index is 227. The summed E-state index contributed by atoms with van der Waals surface area (Å²) in [6.07, 6.45) is 0. The number of hydrogen-bond donors (Lipinski definition) is 2. The maximum Gasteiger partial charge on any atom is 0.327 e. The molecule has 2 N–H and O–H groups in total. The summed E-state index contributed by atoms with van der Waals surface area (Å²) in [6, 6.07) is 9.26. The van der Waals surface area contributed by atoms with E-state index in [1.807, 2.05) is 30.3 Å². The Morgan fingerprint density at radius 2 is 1.77 bits per heavy atom. The third-order valence-corrected chi connectivity index (χ3v) is 1.72. The van der Waals surface area contributed by atoms with Crippen molar-refractivity contribution in [3.63, 3.8) is 0 Å². The monoisotopic (exact) mass is 202 g/mol. The quantitative estimate of drug-likeness (QED) is 0.558. The zero-order valence-electron chi connectivity index (χ0n) is 6.96. The molecule has 0 aromatic heterocycles. The second-order valence-corrected chi connectivity index (χ2v) is 3.01. The Hall–Kier alpha value is -0.670. The summed E-state index contributed by atoms with van der Waals surface area (Å²) in [5, 5.41) is 0. The van der Waals surface area contributed by atoms with Crippen molar-refractivity contribution in [1.82, 2.24) is 0 Å². The molecule has 4 nitrogen and oxygen atoms in total. The normalized spacial score (nSPS) is 10.4. The van der Waals surface area contributed by atoms with Crippen LogP contribution in [-0.4, -0.2) is 23.0 Å². The highest BCUT2D eigenvalue weighted by atomic mass is 31.2. The topological polar surface area (TPSA) is 58.9 Å². The predicted molar refractivity (Wildman–Crippen MR) is 49.2 cm³/mol. The van der Waals surface area contributed by atoms with Crippen molar-refractivity contribution in [3.8, 4) is 5.75 Å². The Kier molecular flexibility index (Phi) is 4.72. The molecule has 0 radical (unpaired) electrons. The van der Waals surface area contributed by atoms with Crippen LogP contribution in [0.3, 0.4) is 0 Å². The molecular formula is C8H11O4P. The van der Waals surface area contributed by atoms with E-state index in [4.69, 9.17) is 14.5 Å². The standard InChI is InChI=1S/C8H11O4P/c9-13(10)12-7-6-11-8-4-2-1-3-5-8/h1-5,9-10H,6-7H2. The first-order chi connectivity index (χ1) is 6.29. The fourth-order valence-electron chi connectivity index (χ4n) is 0.795. The average Bonchev–Trinajstić information content (AvgIpc) is 2.14. The first-order valence-corrected chi connectivity index (χ1v) is 4.94. The minimum atomic E-state index is -2.26. The van der Waals surface area contributed by atoms with Gasteiger partial charge in [-0.25, -0.2) is 0 Å². The van der Waals surface area contributed by atoms with E-state index in [1.54, 1.807) is 0 Å². The van der Waals surface area contributed by atoms with E-state index in [0.29, 0.717) is 6.61 Å². The van der Waals surface area contributed by atoms with Crippen molar-refractivity contribution < 1.29 is 19.0 Å². The lowest BCUT2D eigenvalue weighted by Gasteiger charge is -2.06. The zero-order valence-corrected chi connectivity index (χ0v) is 7.85. The third kappa shape index (κ3) is 4.80. The van der Waals surface area contributed by atoms with Gasteiger partial charge in [0, 0.05) is 0 Å². The Labute approximate surface area is 77.7 Å². The van der Waals surface area contributed by atoms with Gasteiger partial charge in [-0.3, -0.25) is 0 Å². The summed E-state index contributed by atoms with van der Waals surface area (Å²) in [7, 11) is -2.26. The molecule has 0 atom stereocenters. The van der Waals surface area contributed by atoms with Crippen LogP contribution < -0.4 is 4.74 Å². The summed E-state index contributed by atoms with van der Waals surface area (Å²) < 4.78 is 9.73. The molecule has 0 bridgehead atoms. The van der Waals surface area contributed by atoms with Crippen LogP contribution in [0.15, 0.2) is 30.3 Å². The molecule has 0 fully saturated rings. The lowest BCUT2D eigenvalue weighted by atomic mass is 10.3. The van der Waals surface area contributed by atoms with Crippen LogP contribution in [0.5, 0.6) is 5.75 Å². The van der Waals surface area contributed by atoms with Gasteiger partial charge in [0.2, 0.25) is 0 Å². The number of hydrogen-bond acceptors (Lipinski definition) is 4. The van der Waals surface area contributed by atoms with E-state index in [1.165, 1.54) is 0 Å². The summed E-state index contributed by atoms with van der Waals surface area (Å²) in [6.45, 7) is 0.484. The fraction of sp³-hybridized carbons (Fsp3) is 0.250. The predicted octanol–water partition coefficient (Wildman–Crippen LogP) is 1.29. The molecule has 1 aromatic rings. The van der Waals surface area contributed by atoms with Crippen LogP contribution in [0, 0.1) is 0 Å². The summed E-state index contributed by atoms with van der Waals surface area (Å²) in [4.78, 5) is 16.8. The second kappa shape index (κ2) is 5.89. The van der Waals surface area contributed by atoms with Crippen LogP contribution in [0.4, 0.5) is 0 Å². The maximum atomic E-state index is 8.39. The zero-order chi connectivity index (χ0) is 9.52. The Morgan fingerprint density at radius 3 is 2.38 bits per heavy atom. The largest absolute Gasteiger partial charge is 0.491 e. The van der Waals surface area contributed by atoms with Crippen LogP contribution >= 0.6 is 8.60 Å². The van der Waals surface area contributed by atoms with Gasteiger partial charge in [-0.05, 0) is 12.1 Å². The first-order valence-electron chi connectivity index (χ1n) is 3.77. The van der Waals surface area contributed by atoms with Gasteiger partial charge >= 0.3 is 8.60 Å². The van der Waals surface area contributed by atoms with Gasteiger partial charge in [-0.1, -0.05) is 18.2 Å². The summed E-state index contributed by atoms with van der Waals surface area (Å²) >= 11 is 0. The number of benzene rings is 1. The lowest BCUT2D eigenvalue weighted by molar-refractivity contribution is 0.194. The molecule has 1 rings (SSSR count). The van der Waals surface area contributed by atoms with Gasteiger partial charge in [0.05, 0.1) is 6.61 Å². The van der Waals surface area contributed by atoms with Crippen molar-refractivity contribution in [2.45, 2.75) is 0 Å². The molecule has 0 heterocycles. The van der Waals surface area contributed by atoms with Crippen molar-refractivity contribution in [3.05, 3.63) is 30.3 Å². The van der Waals surface area contributed by atoms with Crippen LogP contribution in [0.25, 0.3) is 0 Å². The molecule has 0 saturated carbocycles.